The number of carboxylic acid groups (broad SMARTS) is 1. The maximum atomic E-state index is 12.5. The summed E-state index contributed by atoms with van der Waals surface area (Å²) in [5, 5.41) is 8.68. The molecule has 0 spiro atoms. The predicted octanol–water partition coefficient (Wildman–Crippen LogP) is 3.66. The van der Waals surface area contributed by atoms with Gasteiger partial charge in [0.2, 0.25) is 23.6 Å². The van der Waals surface area contributed by atoms with Crippen molar-refractivity contribution in [1.29, 1.82) is 0 Å². The first kappa shape index (κ1) is 29.2. The molecule has 0 aliphatic heterocycles. The van der Waals surface area contributed by atoms with Crippen molar-refractivity contribution >= 4 is 23.6 Å². The van der Waals surface area contributed by atoms with E-state index in [1.54, 1.807) is 0 Å². The van der Waals surface area contributed by atoms with E-state index in [0.717, 1.165) is 13.8 Å². The number of halogens is 4. The number of esters is 1. The summed E-state index contributed by atoms with van der Waals surface area (Å²) in [6, 6.07) is 5.22. The molecule has 0 amide bonds. The Morgan fingerprint density at radius 1 is 0.857 bits per heavy atom. The second-order valence-electron chi connectivity index (χ2n) is 7.30. The van der Waals surface area contributed by atoms with Crippen LogP contribution in [-0.2, 0) is 4.74 Å². The standard InChI is InChI=1S/C11H14F2N2O3.C10H12F2N2O3/c1-11(12,13)5-6-18-8-4-3-7(9(14)15-8)10(16)17-2;1-10(11,12)4-5-17-7-3-2-6(9(15)16)8(13)14-7/h3-4H,5-6H2,1-2H3,(H2,14,15);2-3H,4-5H2,1H3,(H2,13,14)(H,15,16). The smallest absolute Gasteiger partial charge is 0.341 e. The molecule has 0 bridgehead atoms. The van der Waals surface area contributed by atoms with E-state index >= 15 is 0 Å². The van der Waals surface area contributed by atoms with E-state index in [0.29, 0.717) is 0 Å². The first-order valence-corrected chi connectivity index (χ1v) is 9.99. The second kappa shape index (κ2) is 12.6. The van der Waals surface area contributed by atoms with Gasteiger partial charge in [-0.05, 0) is 26.0 Å². The lowest BCUT2D eigenvalue weighted by Gasteiger charge is -2.11. The van der Waals surface area contributed by atoms with Gasteiger partial charge in [0.25, 0.3) is 0 Å². The number of nitrogens with two attached hydrogens (primary N) is 2. The Bertz CT molecular complexity index is 1010. The Hall–Kier alpha value is -3.84. The van der Waals surface area contributed by atoms with E-state index in [9.17, 15) is 27.2 Å². The minimum atomic E-state index is -2.81. The molecule has 2 heterocycles. The average Bonchev–Trinajstić information content (AvgIpc) is 2.72. The number of rotatable bonds is 10. The van der Waals surface area contributed by atoms with Gasteiger partial charge in [-0.3, -0.25) is 0 Å². The van der Waals surface area contributed by atoms with Gasteiger partial charge in [0.1, 0.15) is 22.8 Å². The molecule has 14 heteroatoms. The lowest BCUT2D eigenvalue weighted by Crippen LogP contribution is -2.15. The number of carboxylic acids is 1. The summed E-state index contributed by atoms with van der Waals surface area (Å²) in [7, 11) is 1.22. The van der Waals surface area contributed by atoms with Gasteiger partial charge in [0.05, 0.1) is 20.3 Å². The number of hydrogen-bond donors (Lipinski definition) is 3. The lowest BCUT2D eigenvalue weighted by atomic mass is 10.2. The fraction of sp³-hybridized carbons (Fsp3) is 0.429. The zero-order chi connectivity index (χ0) is 26.8. The van der Waals surface area contributed by atoms with Crippen LogP contribution in [0.5, 0.6) is 11.8 Å². The van der Waals surface area contributed by atoms with Crippen molar-refractivity contribution in [1.82, 2.24) is 9.97 Å². The fourth-order valence-corrected chi connectivity index (χ4v) is 2.21. The third kappa shape index (κ3) is 11.2. The normalized spacial score (nSPS) is 11.2. The van der Waals surface area contributed by atoms with Crippen molar-refractivity contribution in [3.05, 3.63) is 35.4 Å². The predicted molar refractivity (Wildman–Crippen MR) is 117 cm³/mol. The maximum absolute atomic E-state index is 12.5. The van der Waals surface area contributed by atoms with Crippen LogP contribution >= 0.6 is 0 Å². The van der Waals surface area contributed by atoms with Gasteiger partial charge in [0, 0.05) is 25.0 Å². The lowest BCUT2D eigenvalue weighted by molar-refractivity contribution is -0.000445. The molecular weight excluding hydrogens is 480 g/mol. The van der Waals surface area contributed by atoms with Crippen LogP contribution in [0.3, 0.4) is 0 Å². The molecule has 0 fully saturated rings. The highest BCUT2D eigenvalue weighted by molar-refractivity contribution is 5.94. The highest BCUT2D eigenvalue weighted by atomic mass is 19.3. The number of nitrogen functional groups attached to an aromatic ring is 2. The quantitative estimate of drug-likeness (QED) is 0.320. The van der Waals surface area contributed by atoms with Crippen molar-refractivity contribution in [3.63, 3.8) is 0 Å². The molecule has 35 heavy (non-hydrogen) atoms. The average molecular weight is 506 g/mol. The number of alkyl halides is 4. The van der Waals surface area contributed by atoms with Crippen molar-refractivity contribution in [2.24, 2.45) is 0 Å². The van der Waals surface area contributed by atoms with E-state index < -0.39 is 36.6 Å². The summed E-state index contributed by atoms with van der Waals surface area (Å²) < 4.78 is 64.4. The molecule has 0 saturated carbocycles. The number of nitrogens with zero attached hydrogens (tertiary/aromatic N) is 2. The number of carbonyl (C=O) groups is 2. The van der Waals surface area contributed by atoms with Gasteiger partial charge in [-0.1, -0.05) is 0 Å². The second-order valence-corrected chi connectivity index (χ2v) is 7.30. The zero-order valence-electron chi connectivity index (χ0n) is 19.2. The number of anilines is 2. The molecule has 0 radical (unpaired) electrons. The Balaban J connectivity index is 0.000000351. The first-order valence-electron chi connectivity index (χ1n) is 9.99. The Morgan fingerprint density at radius 3 is 1.57 bits per heavy atom. The summed E-state index contributed by atoms with van der Waals surface area (Å²) >= 11 is 0. The van der Waals surface area contributed by atoms with Crippen LogP contribution in [0, 0.1) is 0 Å². The van der Waals surface area contributed by atoms with Crippen LogP contribution < -0.4 is 20.9 Å². The number of ether oxygens (including phenoxy) is 3. The number of aromatic nitrogens is 2. The molecule has 2 rings (SSSR count). The van der Waals surface area contributed by atoms with Gasteiger partial charge >= 0.3 is 11.9 Å². The van der Waals surface area contributed by atoms with Gasteiger partial charge in [-0.2, -0.15) is 9.97 Å². The third-order valence-electron chi connectivity index (χ3n) is 4.02. The van der Waals surface area contributed by atoms with E-state index in [-0.39, 0.29) is 47.7 Å². The van der Waals surface area contributed by atoms with Crippen LogP contribution in [0.1, 0.15) is 47.4 Å². The van der Waals surface area contributed by atoms with Crippen LogP contribution in [0.2, 0.25) is 0 Å². The van der Waals surface area contributed by atoms with Crippen LogP contribution in [0.4, 0.5) is 29.2 Å². The molecule has 5 N–H and O–H groups in total. The third-order valence-corrected chi connectivity index (χ3v) is 4.02. The molecule has 0 aliphatic carbocycles. The van der Waals surface area contributed by atoms with E-state index in [1.807, 2.05) is 0 Å². The number of carbonyl (C=O) groups excluding carboxylic acids is 1. The van der Waals surface area contributed by atoms with Gasteiger partial charge in [-0.25, -0.2) is 27.2 Å². The molecular formula is C21H26F4N4O6. The fourth-order valence-electron chi connectivity index (χ4n) is 2.21. The van der Waals surface area contributed by atoms with Crippen molar-refractivity contribution in [2.45, 2.75) is 38.5 Å². The minimum absolute atomic E-state index is 0.0248. The highest BCUT2D eigenvalue weighted by Crippen LogP contribution is 2.20. The Kier molecular flexibility index (Phi) is 10.5. The van der Waals surface area contributed by atoms with Gasteiger partial charge < -0.3 is 30.8 Å². The number of hydrogen-bond acceptors (Lipinski definition) is 9. The summed E-state index contributed by atoms with van der Waals surface area (Å²) in [4.78, 5) is 29.2. The molecule has 0 aromatic carbocycles. The Labute approximate surface area is 198 Å². The van der Waals surface area contributed by atoms with E-state index in [4.69, 9.17) is 26.0 Å². The van der Waals surface area contributed by atoms with Gasteiger partial charge in [0.15, 0.2) is 0 Å². The summed E-state index contributed by atoms with van der Waals surface area (Å²) in [5.41, 5.74) is 10.8. The van der Waals surface area contributed by atoms with Crippen LogP contribution in [0.15, 0.2) is 24.3 Å². The summed E-state index contributed by atoms with van der Waals surface area (Å²) in [6.45, 7) is 1.18. The van der Waals surface area contributed by atoms with Crippen LogP contribution in [0.25, 0.3) is 0 Å². The molecule has 0 aliphatic rings. The number of methoxy groups -OCH3 is 1. The minimum Gasteiger partial charge on any atom is -0.478 e. The molecule has 0 atom stereocenters. The topological polar surface area (TPSA) is 160 Å². The van der Waals surface area contributed by atoms with Crippen molar-refractivity contribution in [3.8, 4) is 11.8 Å². The molecule has 2 aromatic rings. The van der Waals surface area contributed by atoms with Crippen molar-refractivity contribution < 1.29 is 46.5 Å². The molecule has 10 nitrogen and oxygen atoms in total. The maximum Gasteiger partial charge on any atom is 0.341 e. The first-order chi connectivity index (χ1) is 16.1. The van der Waals surface area contributed by atoms with Crippen LogP contribution in [-0.4, -0.2) is 59.2 Å². The molecule has 2 aromatic heterocycles. The summed E-state index contributed by atoms with van der Waals surface area (Å²) in [5.74, 6) is -7.60. The van der Waals surface area contributed by atoms with Gasteiger partial charge in [-0.15, -0.1) is 0 Å². The monoisotopic (exact) mass is 506 g/mol. The Morgan fingerprint density at radius 2 is 1.26 bits per heavy atom. The number of aromatic carboxylic acids is 1. The largest absolute Gasteiger partial charge is 0.478 e. The molecule has 0 unspecified atom stereocenters. The van der Waals surface area contributed by atoms with Crippen molar-refractivity contribution in [2.75, 3.05) is 31.8 Å². The highest BCUT2D eigenvalue weighted by Gasteiger charge is 2.22. The summed E-state index contributed by atoms with van der Waals surface area (Å²) in [6.07, 6.45) is -0.872. The SMILES string of the molecule is CC(F)(F)CCOc1ccc(C(=O)O)c(N)n1.COC(=O)c1ccc(OCCC(C)(F)F)nc1N. The van der Waals surface area contributed by atoms with E-state index in [2.05, 4.69) is 14.7 Å². The molecule has 194 valence electrons. The number of pyridine rings is 2. The molecule has 0 saturated heterocycles. The zero-order valence-corrected chi connectivity index (χ0v) is 19.2. The van der Waals surface area contributed by atoms with E-state index in [1.165, 1.54) is 31.4 Å².